The molecule has 0 aliphatic rings. The average Bonchev–Trinajstić information content (AvgIpc) is 1.25. The quantitative estimate of drug-likeness (QED) is 0.677. The van der Waals surface area contributed by atoms with Crippen LogP contribution in [0.4, 0.5) is 0 Å². The molecule has 0 heterocycles. The van der Waals surface area contributed by atoms with Crippen molar-refractivity contribution in [2.24, 2.45) is 5.41 Å². The number of aliphatic hydroxyl groups is 1. The van der Waals surface area contributed by atoms with Gasteiger partial charge in [-0.1, -0.05) is 20.8 Å². The van der Waals surface area contributed by atoms with Crippen molar-refractivity contribution in [2.75, 3.05) is 0 Å². The average molecular weight is 383 g/mol. The van der Waals surface area contributed by atoms with Gasteiger partial charge in [0.1, 0.15) is 0 Å². The molecule has 0 unspecified atom stereocenters. The molecule has 0 amide bonds. The maximum absolute atomic E-state index is 9.35. The van der Waals surface area contributed by atoms with Crippen LogP contribution in [0.2, 0.25) is 0 Å². The van der Waals surface area contributed by atoms with Crippen LogP contribution in [0, 0.1) is 5.41 Å². The Kier molecular flexibility index (Phi) is 2.48. The molecule has 1 nitrogen and oxygen atoms in total. The van der Waals surface area contributed by atoms with Crippen LogP contribution in [0.15, 0.2) is 0 Å². The van der Waals surface area contributed by atoms with Gasteiger partial charge in [-0.05, 0) is 19.3 Å². The summed E-state index contributed by atoms with van der Waals surface area (Å²) in [5.74, 6) is 0. The van der Waals surface area contributed by atoms with Crippen molar-refractivity contribution in [3.8, 4) is 0 Å². The molecule has 0 atom stereocenters. The van der Waals surface area contributed by atoms with E-state index in [1.807, 2.05) is 34.6 Å². The zero-order valence-electron chi connectivity index (χ0n) is 7.15. The number of hydrogen-bond acceptors (Lipinski definition) is 1. The van der Waals surface area contributed by atoms with Crippen LogP contribution in [-0.4, -0.2) is 10.7 Å². The summed E-state index contributed by atoms with van der Waals surface area (Å²) in [6.07, 6.45) is 0. The largest absolute Gasteiger partial charge is 0.390 e. The smallest absolute Gasteiger partial charge is 0.0639 e. The van der Waals surface area contributed by atoms with E-state index in [0.29, 0.717) is 0 Å². The SMILES string of the molecule is CC(C)(C)C(C)(C)O.[Rf]. The first-order valence-electron chi connectivity index (χ1n) is 2.97. The van der Waals surface area contributed by atoms with Gasteiger partial charge in [0.15, 0.2) is 0 Å². The topological polar surface area (TPSA) is 20.2 Å². The summed E-state index contributed by atoms with van der Waals surface area (Å²) in [5.41, 5.74) is -0.569. The molecule has 0 aliphatic carbocycles. The van der Waals surface area contributed by atoms with Crippen molar-refractivity contribution in [1.29, 1.82) is 0 Å². The molecule has 0 rings (SSSR count). The van der Waals surface area contributed by atoms with E-state index in [1.165, 1.54) is 0 Å². The minimum absolute atomic E-state index is 0. The first-order chi connectivity index (χ1) is 3.25. The Bertz CT molecular complexity index is 63.9. The van der Waals surface area contributed by atoms with Crippen LogP contribution in [0.3, 0.4) is 0 Å². The van der Waals surface area contributed by atoms with E-state index in [1.54, 1.807) is 0 Å². The molecule has 9 heavy (non-hydrogen) atoms. The maximum Gasteiger partial charge on any atom is 0.0639 e. The molecular weight excluding hydrogens is 367 g/mol. The molecule has 0 radical (unpaired) electrons. The van der Waals surface area contributed by atoms with Crippen LogP contribution < -0.4 is 0 Å². The maximum atomic E-state index is 9.35. The fourth-order valence-electron chi connectivity index (χ4n) is 0. The van der Waals surface area contributed by atoms with Crippen LogP contribution in [0.5, 0.6) is 0 Å². The second kappa shape index (κ2) is 2.06. The van der Waals surface area contributed by atoms with Crippen molar-refractivity contribution in [2.45, 2.75) is 40.2 Å². The Labute approximate surface area is 51.7 Å². The summed E-state index contributed by atoms with van der Waals surface area (Å²) in [6.45, 7) is 9.72. The van der Waals surface area contributed by atoms with Crippen molar-refractivity contribution in [1.82, 2.24) is 0 Å². The molecule has 0 bridgehead atoms. The van der Waals surface area contributed by atoms with E-state index in [0.717, 1.165) is 0 Å². The second-order valence-corrected chi connectivity index (χ2v) is 3.81. The predicted molar refractivity (Wildman–Crippen MR) is 35.8 cm³/mol. The first kappa shape index (κ1) is 10.9. The van der Waals surface area contributed by atoms with E-state index in [9.17, 15) is 5.11 Å². The Morgan fingerprint density at radius 3 is 1.00 bits per heavy atom. The third-order valence-corrected chi connectivity index (χ3v) is 1.84. The standard InChI is InChI=1S/C7H16O.Rf/c1-6(2,3)7(4,5)8;/h8H,1-5H3;. The molecule has 0 spiro atoms. The Morgan fingerprint density at radius 1 is 0.889 bits per heavy atom. The van der Waals surface area contributed by atoms with Gasteiger partial charge >= 0.3 is 0 Å². The van der Waals surface area contributed by atoms with Gasteiger partial charge in [-0.15, -0.1) is 0 Å². The van der Waals surface area contributed by atoms with Gasteiger partial charge in [0.05, 0.1) is 5.60 Å². The van der Waals surface area contributed by atoms with Crippen molar-refractivity contribution in [3.63, 3.8) is 0 Å². The molecule has 2 heteroatoms. The molecule has 0 saturated heterocycles. The van der Waals surface area contributed by atoms with Gasteiger partial charge in [0, 0.05) is 0 Å². The van der Waals surface area contributed by atoms with Gasteiger partial charge < -0.3 is 5.11 Å². The molecule has 1 N–H and O–H groups in total. The van der Waals surface area contributed by atoms with E-state index >= 15 is 0 Å². The Hall–Kier alpha value is -1.04. The summed E-state index contributed by atoms with van der Waals surface area (Å²) < 4.78 is 0. The third-order valence-electron chi connectivity index (χ3n) is 1.84. The molecule has 0 aromatic carbocycles. The van der Waals surface area contributed by atoms with Crippen LogP contribution in [0.25, 0.3) is 0 Å². The van der Waals surface area contributed by atoms with Gasteiger partial charge in [-0.2, -0.15) is 0 Å². The minimum atomic E-state index is -0.562. The van der Waals surface area contributed by atoms with Gasteiger partial charge in [0.25, 0.3) is 0 Å². The number of rotatable bonds is 0. The van der Waals surface area contributed by atoms with Crippen molar-refractivity contribution in [3.05, 3.63) is 0 Å². The van der Waals surface area contributed by atoms with E-state index in [2.05, 4.69) is 0 Å². The molecule has 0 saturated carbocycles. The molecule has 0 aliphatic heterocycles. The van der Waals surface area contributed by atoms with Gasteiger partial charge in [-0.3, -0.25) is 0 Å². The van der Waals surface area contributed by atoms with Crippen LogP contribution >= 0.6 is 0 Å². The zero-order valence-corrected chi connectivity index (χ0v) is 13.6. The first-order valence-corrected chi connectivity index (χ1v) is 2.97. The van der Waals surface area contributed by atoms with Crippen LogP contribution in [-0.2, 0) is 0 Å². The van der Waals surface area contributed by atoms with E-state index < -0.39 is 5.60 Å². The summed E-state index contributed by atoms with van der Waals surface area (Å²) in [5, 5.41) is 9.35. The van der Waals surface area contributed by atoms with E-state index in [-0.39, 0.29) is 5.41 Å². The Morgan fingerprint density at radius 2 is 1.00 bits per heavy atom. The Balaban J connectivity index is 0. The summed E-state index contributed by atoms with van der Waals surface area (Å²) in [4.78, 5) is 0. The molecular formula is C7H16ORf. The summed E-state index contributed by atoms with van der Waals surface area (Å²) in [7, 11) is 0. The fraction of sp³-hybridized carbons (Fsp3) is 1.00. The van der Waals surface area contributed by atoms with Gasteiger partial charge in [0.2, 0.25) is 0 Å². The second-order valence-electron chi connectivity index (χ2n) is 3.81. The van der Waals surface area contributed by atoms with Crippen LogP contribution in [0.1, 0.15) is 34.6 Å². The third kappa shape index (κ3) is 2.70. The molecule has 0 fully saturated rings. The van der Waals surface area contributed by atoms with E-state index in [4.69, 9.17) is 0 Å². The molecule has 0 aromatic heterocycles. The summed E-state index contributed by atoms with van der Waals surface area (Å²) in [6, 6.07) is 0. The van der Waals surface area contributed by atoms with Crippen molar-refractivity contribution >= 4 is 0 Å². The minimum Gasteiger partial charge on any atom is -0.390 e. The normalized spacial score (nSPS) is 12.7. The zero-order chi connectivity index (χ0) is 7.00. The fourth-order valence-corrected chi connectivity index (χ4v) is 0. The summed E-state index contributed by atoms with van der Waals surface area (Å²) >= 11 is 0. The van der Waals surface area contributed by atoms with Crippen molar-refractivity contribution < 1.29 is 5.11 Å². The molecule has 52 valence electrons. The number of hydrogen-bond donors (Lipinski definition) is 1. The monoisotopic (exact) mass is 383 g/mol. The molecule has 0 aromatic rings. The predicted octanol–water partition coefficient (Wildman–Crippen LogP) is 1.80. The van der Waals surface area contributed by atoms with Gasteiger partial charge in [-0.25, -0.2) is 0 Å².